The Morgan fingerprint density at radius 1 is 1.53 bits per heavy atom. The molecule has 0 fully saturated rings. The molecule has 0 saturated carbocycles. The van der Waals surface area contributed by atoms with Crippen LogP contribution in [-0.2, 0) is 14.8 Å². The first-order chi connectivity index (χ1) is 8.55. The zero-order chi connectivity index (χ0) is 14.8. The second-order valence-electron chi connectivity index (χ2n) is 4.84. The highest BCUT2D eigenvalue weighted by Gasteiger charge is 2.31. The van der Waals surface area contributed by atoms with Gasteiger partial charge in [0.15, 0.2) is 16.5 Å². The maximum Gasteiger partial charge on any atom is 0.303 e. The maximum absolute atomic E-state index is 12.2. The van der Waals surface area contributed by atoms with E-state index in [-0.39, 0.29) is 29.3 Å². The van der Waals surface area contributed by atoms with Crippen LogP contribution in [0.4, 0.5) is 5.82 Å². The molecule has 0 radical (unpaired) electrons. The summed E-state index contributed by atoms with van der Waals surface area (Å²) in [4.78, 5) is 10.3. The lowest BCUT2D eigenvalue weighted by Gasteiger charge is -2.25. The fourth-order valence-electron chi connectivity index (χ4n) is 1.59. The number of aliphatic carboxylic acids is 1. The average molecular weight is 291 g/mol. The van der Waals surface area contributed by atoms with Crippen LogP contribution in [0.2, 0.25) is 0 Å². The molecule has 1 heterocycles. The summed E-state index contributed by atoms with van der Waals surface area (Å²) >= 11 is 0. The molecule has 0 unspecified atom stereocenters. The van der Waals surface area contributed by atoms with E-state index in [4.69, 9.17) is 15.4 Å². The number of aryl methyl sites for hydroxylation is 1. The van der Waals surface area contributed by atoms with Gasteiger partial charge in [0.25, 0.3) is 0 Å². The molecule has 19 heavy (non-hydrogen) atoms. The lowest BCUT2D eigenvalue weighted by molar-refractivity contribution is -0.137. The minimum absolute atomic E-state index is 0.0824. The Bertz CT molecular complexity index is 556. The Hall–Kier alpha value is -1.61. The SMILES string of the molecule is Cc1onc(N)c1S(=O)(=O)NC(C)(C)CCC(=O)O. The fraction of sp³-hybridized carbons (Fsp3) is 0.600. The number of carboxylic acid groups (broad SMARTS) is 1. The first-order valence-electron chi connectivity index (χ1n) is 5.53. The number of aromatic nitrogens is 1. The van der Waals surface area contributed by atoms with Crippen LogP contribution in [0.5, 0.6) is 0 Å². The van der Waals surface area contributed by atoms with Gasteiger partial charge < -0.3 is 15.4 Å². The fourth-order valence-corrected chi connectivity index (χ4v) is 3.25. The second-order valence-corrected chi connectivity index (χ2v) is 6.46. The predicted molar refractivity (Wildman–Crippen MR) is 66.9 cm³/mol. The van der Waals surface area contributed by atoms with Crippen molar-refractivity contribution < 1.29 is 22.8 Å². The molecule has 1 aromatic heterocycles. The molecule has 0 amide bonds. The van der Waals surface area contributed by atoms with Crippen molar-refractivity contribution in [2.24, 2.45) is 0 Å². The van der Waals surface area contributed by atoms with E-state index in [0.717, 1.165) is 0 Å². The van der Waals surface area contributed by atoms with E-state index in [0.29, 0.717) is 0 Å². The van der Waals surface area contributed by atoms with E-state index in [1.807, 2.05) is 0 Å². The Labute approximate surface area is 111 Å². The first kappa shape index (κ1) is 15.4. The molecule has 0 atom stereocenters. The number of nitrogens with one attached hydrogen (secondary N) is 1. The van der Waals surface area contributed by atoms with E-state index in [2.05, 4.69) is 9.88 Å². The number of carbonyl (C=O) groups is 1. The monoisotopic (exact) mass is 291 g/mol. The van der Waals surface area contributed by atoms with E-state index >= 15 is 0 Å². The molecule has 0 aliphatic rings. The van der Waals surface area contributed by atoms with Crippen molar-refractivity contribution in [3.8, 4) is 0 Å². The summed E-state index contributed by atoms with van der Waals surface area (Å²) in [6, 6.07) is 0. The second kappa shape index (κ2) is 5.17. The van der Waals surface area contributed by atoms with Crippen LogP contribution in [0.15, 0.2) is 9.42 Å². The summed E-state index contributed by atoms with van der Waals surface area (Å²) in [5.74, 6) is -1.13. The van der Waals surface area contributed by atoms with Crippen molar-refractivity contribution in [3.63, 3.8) is 0 Å². The van der Waals surface area contributed by atoms with Gasteiger partial charge in [0.05, 0.1) is 0 Å². The van der Waals surface area contributed by atoms with Gasteiger partial charge in [-0.05, 0) is 27.2 Å². The molecule has 0 aromatic carbocycles. The highest BCUT2D eigenvalue weighted by atomic mass is 32.2. The number of sulfonamides is 1. The molecule has 108 valence electrons. The Morgan fingerprint density at radius 2 is 2.11 bits per heavy atom. The lowest BCUT2D eigenvalue weighted by Crippen LogP contribution is -2.43. The summed E-state index contributed by atoms with van der Waals surface area (Å²) in [6.45, 7) is 4.61. The van der Waals surface area contributed by atoms with Crippen molar-refractivity contribution >= 4 is 21.8 Å². The Kier molecular flexibility index (Phi) is 4.21. The van der Waals surface area contributed by atoms with Gasteiger partial charge in [-0.1, -0.05) is 5.16 Å². The molecule has 0 saturated heterocycles. The summed E-state index contributed by atoms with van der Waals surface area (Å²) in [5, 5.41) is 12.0. The third kappa shape index (κ3) is 3.93. The van der Waals surface area contributed by atoms with Crippen LogP contribution < -0.4 is 10.5 Å². The third-order valence-corrected chi connectivity index (χ3v) is 4.33. The predicted octanol–water partition coefficient (Wildman–Crippen LogP) is 0.487. The van der Waals surface area contributed by atoms with Gasteiger partial charge in [0.2, 0.25) is 10.0 Å². The zero-order valence-corrected chi connectivity index (χ0v) is 11.7. The highest BCUT2D eigenvalue weighted by Crippen LogP contribution is 2.24. The molecule has 8 nitrogen and oxygen atoms in total. The number of anilines is 1. The quantitative estimate of drug-likeness (QED) is 0.693. The van der Waals surface area contributed by atoms with Gasteiger partial charge in [0.1, 0.15) is 0 Å². The summed E-state index contributed by atoms with van der Waals surface area (Å²) in [6.07, 6.45) is -0.000578. The molecule has 9 heteroatoms. The van der Waals surface area contributed by atoms with Gasteiger partial charge >= 0.3 is 5.97 Å². The van der Waals surface area contributed by atoms with Crippen LogP contribution >= 0.6 is 0 Å². The number of carboxylic acids is 1. The number of rotatable bonds is 6. The molecule has 1 aromatic rings. The van der Waals surface area contributed by atoms with Crippen molar-refractivity contribution in [2.45, 2.75) is 44.0 Å². The summed E-state index contributed by atoms with van der Waals surface area (Å²) in [5.41, 5.74) is 4.53. The minimum atomic E-state index is -3.91. The minimum Gasteiger partial charge on any atom is -0.481 e. The van der Waals surface area contributed by atoms with E-state index < -0.39 is 21.5 Å². The van der Waals surface area contributed by atoms with Crippen LogP contribution in [-0.4, -0.2) is 30.2 Å². The van der Waals surface area contributed by atoms with Gasteiger partial charge in [-0.3, -0.25) is 4.79 Å². The standard InChI is InChI=1S/C10H17N3O5S/c1-6-8(9(11)12-18-6)19(16,17)13-10(2,3)5-4-7(14)15/h13H,4-5H2,1-3H3,(H2,11,12)(H,14,15). The summed E-state index contributed by atoms with van der Waals surface area (Å²) in [7, 11) is -3.91. The number of hydrogen-bond donors (Lipinski definition) is 3. The Morgan fingerprint density at radius 3 is 2.53 bits per heavy atom. The number of nitrogens with two attached hydrogens (primary N) is 1. The molecule has 4 N–H and O–H groups in total. The average Bonchev–Trinajstić information content (AvgIpc) is 2.54. The van der Waals surface area contributed by atoms with E-state index in [1.54, 1.807) is 13.8 Å². The van der Waals surface area contributed by atoms with Crippen LogP contribution in [0, 0.1) is 6.92 Å². The number of hydrogen-bond acceptors (Lipinski definition) is 6. The normalized spacial score (nSPS) is 12.6. The third-order valence-electron chi connectivity index (χ3n) is 2.48. The van der Waals surface area contributed by atoms with Crippen LogP contribution in [0.3, 0.4) is 0 Å². The molecule has 0 aliphatic carbocycles. The smallest absolute Gasteiger partial charge is 0.303 e. The van der Waals surface area contributed by atoms with Crippen molar-refractivity contribution in [3.05, 3.63) is 5.76 Å². The topological polar surface area (TPSA) is 136 Å². The van der Waals surface area contributed by atoms with Crippen molar-refractivity contribution in [1.29, 1.82) is 0 Å². The van der Waals surface area contributed by atoms with Crippen LogP contribution in [0.1, 0.15) is 32.4 Å². The molecular weight excluding hydrogens is 274 g/mol. The van der Waals surface area contributed by atoms with Gasteiger partial charge in [-0.15, -0.1) is 0 Å². The van der Waals surface area contributed by atoms with Gasteiger partial charge in [-0.25, -0.2) is 13.1 Å². The van der Waals surface area contributed by atoms with Crippen molar-refractivity contribution in [1.82, 2.24) is 9.88 Å². The first-order valence-corrected chi connectivity index (χ1v) is 7.01. The van der Waals surface area contributed by atoms with Gasteiger partial charge in [-0.2, -0.15) is 0 Å². The molecule has 0 spiro atoms. The van der Waals surface area contributed by atoms with E-state index in [9.17, 15) is 13.2 Å². The molecule has 0 bridgehead atoms. The van der Waals surface area contributed by atoms with Gasteiger partial charge in [0, 0.05) is 12.0 Å². The summed E-state index contributed by atoms with van der Waals surface area (Å²) < 4.78 is 31.4. The zero-order valence-electron chi connectivity index (χ0n) is 10.9. The Balaban J connectivity index is 2.94. The molecule has 0 aliphatic heterocycles. The molecular formula is C10H17N3O5S. The lowest BCUT2D eigenvalue weighted by atomic mass is 10.0. The number of nitrogens with zero attached hydrogens (tertiary/aromatic N) is 1. The largest absolute Gasteiger partial charge is 0.481 e. The molecule has 1 rings (SSSR count). The highest BCUT2D eigenvalue weighted by molar-refractivity contribution is 7.89. The van der Waals surface area contributed by atoms with E-state index in [1.165, 1.54) is 6.92 Å². The van der Waals surface area contributed by atoms with Crippen molar-refractivity contribution in [2.75, 3.05) is 5.73 Å². The van der Waals surface area contributed by atoms with Crippen LogP contribution in [0.25, 0.3) is 0 Å². The maximum atomic E-state index is 12.2. The number of nitrogen functional groups attached to an aromatic ring is 1.